The van der Waals surface area contributed by atoms with E-state index in [0.29, 0.717) is 0 Å². The maximum atomic E-state index is 10.1. The molecule has 192 valence electrons. The summed E-state index contributed by atoms with van der Waals surface area (Å²) in [7, 11) is 1.24. The Kier molecular flexibility index (Phi) is 10.6. The summed E-state index contributed by atoms with van der Waals surface area (Å²) in [5, 5.41) is 48.4. The van der Waals surface area contributed by atoms with Crippen LogP contribution in [0.1, 0.15) is 11.1 Å². The Bertz CT molecular complexity index is 1120. The van der Waals surface area contributed by atoms with Crippen LogP contribution in [-0.2, 0) is 9.47 Å². The van der Waals surface area contributed by atoms with E-state index in [1.807, 2.05) is 32.2 Å². The van der Waals surface area contributed by atoms with Crippen molar-refractivity contribution >= 4 is 44.1 Å². The zero-order chi connectivity index (χ0) is 26.3. The highest BCUT2D eigenvalue weighted by Crippen LogP contribution is 2.33. The van der Waals surface area contributed by atoms with E-state index in [1.165, 1.54) is 24.8 Å². The van der Waals surface area contributed by atoms with E-state index in [4.69, 9.17) is 31.3 Å². The van der Waals surface area contributed by atoms with E-state index in [1.54, 1.807) is 12.1 Å². The van der Waals surface area contributed by atoms with Crippen molar-refractivity contribution in [1.82, 2.24) is 4.98 Å². The number of aromatic amines is 1. The van der Waals surface area contributed by atoms with E-state index < -0.39 is 42.2 Å². The standard InChI is InChI=1S/C9H7BrClN.C7H7NO2.C7H14O6/c1-5-4-12-7-3-2-6(10)9(11)8(5)7;1-6-2-4-7(5-3-6)8(9)10;1-12-7(3-9)6(11)5(10)4(2-8)13-7/h2-4,12H,1H3;2-5H,1H3;4-6,8-11H,2-3H2,1H3/t;;4-,5?,6+,7+/m..0/s1. The molecule has 1 aliphatic rings. The SMILES string of the molecule is CO[C@]1(CO)O[C@@H](CO)C(O)[C@H]1O.Cc1c[nH]c2ccc(Br)c(Cl)c12.Cc1ccc([N+](=O)[O-])cc1. The van der Waals surface area contributed by atoms with Gasteiger partial charge in [0, 0.05) is 40.8 Å². The van der Waals surface area contributed by atoms with Crippen molar-refractivity contribution in [2.24, 2.45) is 0 Å². The predicted molar refractivity (Wildman–Crippen MR) is 134 cm³/mol. The second-order valence-electron chi connectivity index (χ2n) is 7.80. The monoisotopic (exact) mass is 574 g/mol. The first-order valence-corrected chi connectivity index (χ1v) is 11.6. The van der Waals surface area contributed by atoms with Gasteiger partial charge in [-0.3, -0.25) is 10.1 Å². The molecule has 0 aliphatic carbocycles. The molecule has 0 saturated carbocycles. The number of aliphatic hydroxyl groups excluding tert-OH is 4. The molecule has 3 aromatic rings. The molecule has 10 nitrogen and oxygen atoms in total. The lowest BCUT2D eigenvalue weighted by Crippen LogP contribution is -2.47. The molecular formula is C23H28BrClN2O8. The average Bonchev–Trinajstić information content (AvgIpc) is 3.35. The molecular weight excluding hydrogens is 548 g/mol. The summed E-state index contributed by atoms with van der Waals surface area (Å²) < 4.78 is 10.7. The summed E-state index contributed by atoms with van der Waals surface area (Å²) in [6.07, 6.45) is -1.58. The van der Waals surface area contributed by atoms with Crippen LogP contribution in [0, 0.1) is 24.0 Å². The van der Waals surface area contributed by atoms with Crippen LogP contribution in [-0.4, -0.2) is 74.8 Å². The molecule has 1 fully saturated rings. The summed E-state index contributed by atoms with van der Waals surface area (Å²) in [5.41, 5.74) is 3.44. The molecule has 1 aliphatic heterocycles. The Morgan fingerprint density at radius 3 is 2.29 bits per heavy atom. The Labute approximate surface area is 215 Å². The lowest BCUT2D eigenvalue weighted by molar-refractivity contribution is -0.384. The van der Waals surface area contributed by atoms with Gasteiger partial charge in [-0.2, -0.15) is 0 Å². The van der Waals surface area contributed by atoms with Crippen molar-refractivity contribution in [3.8, 4) is 0 Å². The lowest BCUT2D eigenvalue weighted by atomic mass is 10.1. The van der Waals surface area contributed by atoms with Gasteiger partial charge in [0.2, 0.25) is 5.79 Å². The zero-order valence-electron chi connectivity index (χ0n) is 19.3. The largest absolute Gasteiger partial charge is 0.394 e. The van der Waals surface area contributed by atoms with Crippen LogP contribution in [0.15, 0.2) is 47.1 Å². The van der Waals surface area contributed by atoms with Crippen molar-refractivity contribution in [2.75, 3.05) is 20.3 Å². The van der Waals surface area contributed by atoms with Crippen LogP contribution in [0.3, 0.4) is 0 Å². The average molecular weight is 576 g/mol. The molecule has 0 radical (unpaired) electrons. The van der Waals surface area contributed by atoms with Gasteiger partial charge in [-0.15, -0.1) is 0 Å². The first-order valence-electron chi connectivity index (χ1n) is 10.4. The first kappa shape index (κ1) is 29.1. The molecule has 1 aromatic heterocycles. The third-order valence-electron chi connectivity index (χ3n) is 5.43. The minimum atomic E-state index is -1.62. The number of nitrogens with one attached hydrogen (secondary N) is 1. The summed E-state index contributed by atoms with van der Waals surface area (Å²) in [6.45, 7) is 2.91. The summed E-state index contributed by atoms with van der Waals surface area (Å²) in [5.74, 6) is -1.62. The van der Waals surface area contributed by atoms with Gasteiger partial charge in [-0.05, 0) is 47.5 Å². The predicted octanol–water partition coefficient (Wildman–Crippen LogP) is 3.23. The number of halogens is 2. The van der Waals surface area contributed by atoms with E-state index in [-0.39, 0.29) is 5.69 Å². The second-order valence-corrected chi connectivity index (χ2v) is 9.03. The van der Waals surface area contributed by atoms with Gasteiger partial charge in [0.05, 0.1) is 16.6 Å². The molecule has 2 aromatic carbocycles. The van der Waals surface area contributed by atoms with Crippen molar-refractivity contribution < 1.29 is 34.8 Å². The third kappa shape index (κ3) is 6.78. The van der Waals surface area contributed by atoms with Crippen molar-refractivity contribution in [2.45, 2.75) is 37.9 Å². The second kappa shape index (κ2) is 12.7. The normalized spacial score (nSPS) is 23.3. The van der Waals surface area contributed by atoms with Gasteiger partial charge in [-0.1, -0.05) is 29.3 Å². The van der Waals surface area contributed by atoms with E-state index >= 15 is 0 Å². The number of rotatable bonds is 4. The number of hydrogen-bond acceptors (Lipinski definition) is 8. The number of hydrogen-bond donors (Lipinski definition) is 5. The fourth-order valence-corrected chi connectivity index (χ4v) is 3.99. The number of methoxy groups -OCH3 is 1. The quantitative estimate of drug-likeness (QED) is 0.234. The van der Waals surface area contributed by atoms with Crippen LogP contribution >= 0.6 is 27.5 Å². The minimum Gasteiger partial charge on any atom is -0.394 e. The van der Waals surface area contributed by atoms with Crippen molar-refractivity contribution in [3.63, 3.8) is 0 Å². The molecule has 5 N–H and O–H groups in total. The van der Waals surface area contributed by atoms with Crippen LogP contribution in [0.4, 0.5) is 5.69 Å². The van der Waals surface area contributed by atoms with Crippen LogP contribution < -0.4 is 0 Å². The Morgan fingerprint density at radius 1 is 1.20 bits per heavy atom. The van der Waals surface area contributed by atoms with Gasteiger partial charge in [-0.25, -0.2) is 0 Å². The number of benzene rings is 2. The van der Waals surface area contributed by atoms with Gasteiger partial charge < -0.3 is 34.9 Å². The number of aryl methyl sites for hydroxylation is 2. The molecule has 12 heteroatoms. The van der Waals surface area contributed by atoms with Gasteiger partial charge in [0.25, 0.3) is 5.69 Å². The van der Waals surface area contributed by atoms with Crippen LogP contribution in [0.2, 0.25) is 5.02 Å². The van der Waals surface area contributed by atoms with Gasteiger partial charge in [0.1, 0.15) is 24.9 Å². The molecule has 2 heterocycles. The highest BCUT2D eigenvalue weighted by Gasteiger charge is 2.54. The van der Waals surface area contributed by atoms with Gasteiger partial charge in [0.15, 0.2) is 0 Å². The highest BCUT2D eigenvalue weighted by molar-refractivity contribution is 9.10. The molecule has 35 heavy (non-hydrogen) atoms. The molecule has 0 amide bonds. The van der Waals surface area contributed by atoms with E-state index in [9.17, 15) is 20.3 Å². The fourth-order valence-electron chi connectivity index (χ4n) is 3.35. The Morgan fingerprint density at radius 2 is 1.83 bits per heavy atom. The number of nitro groups is 1. The number of aliphatic hydroxyl groups is 4. The first-order chi connectivity index (χ1) is 16.5. The zero-order valence-corrected chi connectivity index (χ0v) is 21.7. The number of ether oxygens (including phenoxy) is 2. The highest BCUT2D eigenvalue weighted by atomic mass is 79.9. The Hall–Kier alpha value is -2.09. The third-order valence-corrected chi connectivity index (χ3v) is 6.71. The maximum Gasteiger partial charge on any atom is 0.269 e. The molecule has 1 saturated heterocycles. The smallest absolute Gasteiger partial charge is 0.269 e. The number of nitro benzene ring substituents is 1. The topological polar surface area (TPSA) is 158 Å². The van der Waals surface area contributed by atoms with E-state index in [0.717, 1.165) is 26.0 Å². The molecule has 1 unspecified atom stereocenters. The molecule has 0 bridgehead atoms. The van der Waals surface area contributed by atoms with Crippen LogP contribution in [0.5, 0.6) is 0 Å². The fraction of sp³-hybridized carbons (Fsp3) is 0.391. The molecule has 0 spiro atoms. The molecule has 4 rings (SSSR count). The number of aromatic nitrogens is 1. The minimum absolute atomic E-state index is 0.144. The number of H-pyrrole nitrogens is 1. The van der Waals surface area contributed by atoms with Crippen molar-refractivity contribution in [3.05, 3.63) is 73.3 Å². The summed E-state index contributed by atoms with van der Waals surface area (Å²) in [4.78, 5) is 12.9. The lowest BCUT2D eigenvalue weighted by Gasteiger charge is -2.27. The summed E-state index contributed by atoms with van der Waals surface area (Å²) in [6, 6.07) is 10.4. The molecule has 4 atom stereocenters. The number of fused-ring (bicyclic) bond motifs is 1. The number of nitrogens with zero attached hydrogens (tertiary/aromatic N) is 1. The Balaban J connectivity index is 0.000000187. The maximum absolute atomic E-state index is 10.1. The van der Waals surface area contributed by atoms with Crippen molar-refractivity contribution in [1.29, 1.82) is 0 Å². The number of non-ortho nitro benzene ring substituents is 1. The van der Waals surface area contributed by atoms with Crippen LogP contribution in [0.25, 0.3) is 10.9 Å². The van der Waals surface area contributed by atoms with Gasteiger partial charge >= 0.3 is 0 Å². The van der Waals surface area contributed by atoms with E-state index in [2.05, 4.69) is 20.9 Å². The summed E-state index contributed by atoms with van der Waals surface area (Å²) >= 11 is 9.50.